The van der Waals surface area contributed by atoms with Crippen molar-refractivity contribution in [1.29, 1.82) is 5.26 Å². The van der Waals surface area contributed by atoms with Crippen LogP contribution in [0.3, 0.4) is 0 Å². The van der Waals surface area contributed by atoms with Crippen LogP contribution in [-0.2, 0) is 17.6 Å². The molecule has 0 radical (unpaired) electrons. The van der Waals surface area contributed by atoms with E-state index in [0.29, 0.717) is 0 Å². The van der Waals surface area contributed by atoms with Crippen molar-refractivity contribution in [2.24, 2.45) is 23.2 Å². The number of carbonyl (C=O) groups is 1. The maximum absolute atomic E-state index is 13.4. The van der Waals surface area contributed by atoms with Crippen LogP contribution in [0.1, 0.15) is 80.2 Å². The Bertz CT molecular complexity index is 737. The Hall–Kier alpha value is -1.34. The predicted octanol–water partition coefficient (Wildman–Crippen LogP) is 5.43. The molecule has 1 aromatic heterocycles. The Kier molecular flexibility index (Phi) is 4.12. The molecule has 3 nitrogen and oxygen atoms in total. The van der Waals surface area contributed by atoms with E-state index in [-0.39, 0.29) is 11.3 Å². The highest BCUT2D eigenvalue weighted by Crippen LogP contribution is 2.60. The zero-order chi connectivity index (χ0) is 17.7. The lowest BCUT2D eigenvalue weighted by Gasteiger charge is -2.55. The molecule has 26 heavy (non-hydrogen) atoms. The number of anilines is 1. The molecule has 6 rings (SSSR count). The first kappa shape index (κ1) is 16.8. The molecule has 0 spiro atoms. The summed E-state index contributed by atoms with van der Waals surface area (Å²) < 4.78 is 0. The van der Waals surface area contributed by atoms with Gasteiger partial charge in [0.15, 0.2) is 0 Å². The molecular formula is C22H28N2OS. The standard InChI is InChI=1S/C22H28N2OS/c23-13-18-17-5-3-1-2-4-6-19(17)26-20(18)24-21(25)22-10-14-7-15(11-22)9-16(8-14)12-22/h14-16H,1-12H2,(H,24,25). The number of carbonyl (C=O) groups excluding carboxylic acids is 1. The van der Waals surface area contributed by atoms with Crippen molar-refractivity contribution in [2.75, 3.05) is 5.32 Å². The smallest absolute Gasteiger partial charge is 0.231 e. The van der Waals surface area contributed by atoms with Gasteiger partial charge in [-0.2, -0.15) is 5.26 Å². The molecule has 1 amide bonds. The third kappa shape index (κ3) is 2.71. The van der Waals surface area contributed by atoms with E-state index in [1.807, 2.05) is 0 Å². The zero-order valence-electron chi connectivity index (χ0n) is 15.5. The summed E-state index contributed by atoms with van der Waals surface area (Å²) in [5.41, 5.74) is 1.86. The minimum atomic E-state index is -0.139. The summed E-state index contributed by atoms with van der Waals surface area (Å²) in [6, 6.07) is 2.43. The van der Waals surface area contributed by atoms with Gasteiger partial charge in [-0.05, 0) is 87.5 Å². The molecule has 1 aromatic rings. The average Bonchev–Trinajstić information content (AvgIpc) is 2.89. The number of rotatable bonds is 2. The summed E-state index contributed by atoms with van der Waals surface area (Å²) in [5.74, 6) is 2.53. The average molecular weight is 369 g/mol. The number of nitrogens with one attached hydrogen (secondary N) is 1. The van der Waals surface area contributed by atoms with Gasteiger partial charge in [0.05, 0.1) is 11.0 Å². The lowest BCUT2D eigenvalue weighted by atomic mass is 9.49. The van der Waals surface area contributed by atoms with Gasteiger partial charge in [-0.1, -0.05) is 12.8 Å². The molecule has 4 heteroatoms. The summed E-state index contributed by atoms with van der Waals surface area (Å²) in [5, 5.41) is 13.9. The highest BCUT2D eigenvalue weighted by atomic mass is 32.1. The number of aryl methyl sites for hydroxylation is 1. The van der Waals surface area contributed by atoms with Gasteiger partial charge >= 0.3 is 0 Å². The van der Waals surface area contributed by atoms with Crippen LogP contribution in [0.4, 0.5) is 5.00 Å². The quantitative estimate of drug-likeness (QED) is 0.756. The van der Waals surface area contributed by atoms with Crippen molar-refractivity contribution in [3.05, 3.63) is 16.0 Å². The molecule has 4 fully saturated rings. The summed E-state index contributed by atoms with van der Waals surface area (Å²) in [6.07, 6.45) is 14.3. The molecule has 1 N–H and O–H groups in total. The number of fused-ring (bicyclic) bond motifs is 1. The van der Waals surface area contributed by atoms with Crippen LogP contribution in [-0.4, -0.2) is 5.91 Å². The van der Waals surface area contributed by atoms with Gasteiger partial charge in [0.2, 0.25) is 5.91 Å². The maximum atomic E-state index is 13.4. The van der Waals surface area contributed by atoms with E-state index in [4.69, 9.17) is 0 Å². The van der Waals surface area contributed by atoms with Crippen LogP contribution in [0.25, 0.3) is 0 Å². The lowest BCUT2D eigenvalue weighted by molar-refractivity contribution is -0.140. The number of nitriles is 1. The summed E-state index contributed by atoms with van der Waals surface area (Å²) in [6.45, 7) is 0. The second kappa shape index (κ2) is 6.37. The van der Waals surface area contributed by atoms with Crippen LogP contribution in [0, 0.1) is 34.5 Å². The second-order valence-electron chi connectivity index (χ2n) is 9.39. The third-order valence-electron chi connectivity index (χ3n) is 7.53. The van der Waals surface area contributed by atoms with Crippen molar-refractivity contribution in [2.45, 2.75) is 77.0 Å². The van der Waals surface area contributed by atoms with Crippen molar-refractivity contribution >= 4 is 22.2 Å². The minimum absolute atomic E-state index is 0.139. The Morgan fingerprint density at radius 1 is 1.00 bits per heavy atom. The lowest BCUT2D eigenvalue weighted by Crippen LogP contribution is -2.51. The summed E-state index contributed by atoms with van der Waals surface area (Å²) in [4.78, 5) is 14.7. The van der Waals surface area contributed by atoms with Gasteiger partial charge in [-0.25, -0.2) is 0 Å². The first-order valence-corrected chi connectivity index (χ1v) is 11.3. The molecule has 0 atom stereocenters. The van der Waals surface area contributed by atoms with Gasteiger partial charge < -0.3 is 5.32 Å². The van der Waals surface area contributed by atoms with E-state index >= 15 is 0 Å². The van der Waals surface area contributed by atoms with Crippen LogP contribution < -0.4 is 5.32 Å². The number of hydrogen-bond donors (Lipinski definition) is 1. The van der Waals surface area contributed by atoms with E-state index in [0.717, 1.165) is 60.4 Å². The highest BCUT2D eigenvalue weighted by Gasteiger charge is 2.54. The molecule has 4 bridgehead atoms. The van der Waals surface area contributed by atoms with Crippen LogP contribution >= 0.6 is 11.3 Å². The fraction of sp³-hybridized carbons (Fsp3) is 0.727. The van der Waals surface area contributed by atoms with Gasteiger partial charge in [0.25, 0.3) is 0 Å². The van der Waals surface area contributed by atoms with Crippen LogP contribution in [0.5, 0.6) is 0 Å². The normalized spacial score (nSPS) is 35.3. The molecule has 0 unspecified atom stereocenters. The van der Waals surface area contributed by atoms with E-state index in [9.17, 15) is 10.1 Å². The molecule has 138 valence electrons. The number of hydrogen-bond acceptors (Lipinski definition) is 3. The largest absolute Gasteiger partial charge is 0.316 e. The summed E-state index contributed by atoms with van der Waals surface area (Å²) in [7, 11) is 0. The minimum Gasteiger partial charge on any atom is -0.316 e. The van der Waals surface area contributed by atoms with E-state index in [1.54, 1.807) is 11.3 Å². The second-order valence-corrected chi connectivity index (χ2v) is 10.5. The Morgan fingerprint density at radius 2 is 1.62 bits per heavy atom. The van der Waals surface area contributed by atoms with Crippen molar-refractivity contribution in [3.8, 4) is 6.07 Å². The Morgan fingerprint density at radius 3 is 2.23 bits per heavy atom. The van der Waals surface area contributed by atoms with Crippen LogP contribution in [0.2, 0.25) is 0 Å². The fourth-order valence-corrected chi connectivity index (χ4v) is 7.98. The molecule has 5 aliphatic rings. The molecule has 0 saturated heterocycles. The van der Waals surface area contributed by atoms with E-state index < -0.39 is 0 Å². The van der Waals surface area contributed by atoms with E-state index in [2.05, 4.69) is 11.4 Å². The van der Waals surface area contributed by atoms with Gasteiger partial charge in [-0.15, -0.1) is 11.3 Å². The maximum Gasteiger partial charge on any atom is 0.231 e. The Labute approximate surface area is 160 Å². The van der Waals surface area contributed by atoms with E-state index in [1.165, 1.54) is 55.4 Å². The molecule has 0 aliphatic heterocycles. The van der Waals surface area contributed by atoms with Gasteiger partial charge in [0, 0.05) is 4.88 Å². The molecule has 1 heterocycles. The molecule has 0 aromatic carbocycles. The zero-order valence-corrected chi connectivity index (χ0v) is 16.3. The first-order valence-electron chi connectivity index (χ1n) is 10.5. The van der Waals surface area contributed by atoms with Gasteiger partial charge in [-0.3, -0.25) is 4.79 Å². The van der Waals surface area contributed by atoms with Crippen molar-refractivity contribution < 1.29 is 4.79 Å². The molecular weight excluding hydrogens is 340 g/mol. The topological polar surface area (TPSA) is 52.9 Å². The SMILES string of the molecule is N#Cc1c(NC(=O)C23CC4CC(CC(C4)C2)C3)sc2c1CCCCCC2. The third-order valence-corrected chi connectivity index (χ3v) is 8.74. The highest BCUT2D eigenvalue weighted by molar-refractivity contribution is 7.16. The monoisotopic (exact) mass is 368 g/mol. The molecule has 5 aliphatic carbocycles. The molecule has 4 saturated carbocycles. The summed E-state index contributed by atoms with van der Waals surface area (Å²) >= 11 is 1.69. The number of nitrogens with zero attached hydrogens (tertiary/aromatic N) is 1. The number of thiophene rings is 1. The fourth-order valence-electron chi connectivity index (χ4n) is 6.75. The first-order chi connectivity index (χ1) is 12.7. The van der Waals surface area contributed by atoms with Gasteiger partial charge in [0.1, 0.15) is 11.1 Å². The van der Waals surface area contributed by atoms with Crippen molar-refractivity contribution in [1.82, 2.24) is 0 Å². The van der Waals surface area contributed by atoms with Crippen LogP contribution in [0.15, 0.2) is 0 Å². The Balaban J connectivity index is 1.42. The van der Waals surface area contributed by atoms with Crippen molar-refractivity contribution in [3.63, 3.8) is 0 Å². The predicted molar refractivity (Wildman–Crippen MR) is 104 cm³/mol. The number of amides is 1.